The summed E-state index contributed by atoms with van der Waals surface area (Å²) >= 11 is 0. The smallest absolute Gasteiger partial charge is 0.293 e. The second kappa shape index (κ2) is 5.31. The molecule has 0 radical (unpaired) electrons. The Morgan fingerprint density at radius 3 is 2.88 bits per heavy atom. The number of hydrogen-bond acceptors (Lipinski definition) is 4. The van der Waals surface area contributed by atoms with Crippen LogP contribution >= 0.6 is 0 Å². The molecule has 1 aliphatic carbocycles. The van der Waals surface area contributed by atoms with Crippen molar-refractivity contribution in [3.63, 3.8) is 0 Å². The van der Waals surface area contributed by atoms with Crippen LogP contribution < -0.4 is 16.6 Å². The molecule has 0 bridgehead atoms. The van der Waals surface area contributed by atoms with E-state index in [1.54, 1.807) is 19.4 Å². The molecule has 0 saturated heterocycles. The number of nitrogens with two attached hydrogens (primary N) is 1. The second-order valence-corrected chi connectivity index (χ2v) is 4.85. The molecule has 3 N–H and O–H groups in total. The average molecular weight is 236 g/mol. The molecule has 0 amide bonds. The van der Waals surface area contributed by atoms with E-state index < -0.39 is 0 Å². The minimum Gasteiger partial charge on any atom is -0.365 e. The Morgan fingerprint density at radius 1 is 1.47 bits per heavy atom. The number of nitrogens with zero attached hydrogens (tertiary/aromatic N) is 2. The maximum absolute atomic E-state index is 11.7. The van der Waals surface area contributed by atoms with Crippen LogP contribution in [0.4, 0.5) is 5.82 Å². The largest absolute Gasteiger partial charge is 0.365 e. The van der Waals surface area contributed by atoms with Crippen molar-refractivity contribution in [1.82, 2.24) is 9.55 Å². The van der Waals surface area contributed by atoms with Gasteiger partial charge in [0.25, 0.3) is 5.56 Å². The Labute approximate surface area is 101 Å². The van der Waals surface area contributed by atoms with Gasteiger partial charge in [0.2, 0.25) is 0 Å². The molecule has 5 nitrogen and oxygen atoms in total. The second-order valence-electron chi connectivity index (χ2n) is 4.85. The number of anilines is 1. The number of aryl methyl sites for hydroxylation is 1. The van der Waals surface area contributed by atoms with Crippen molar-refractivity contribution in [2.24, 2.45) is 18.7 Å². The molecule has 1 aromatic rings. The van der Waals surface area contributed by atoms with Gasteiger partial charge in [-0.1, -0.05) is 0 Å². The summed E-state index contributed by atoms with van der Waals surface area (Å²) in [6.07, 6.45) is 7.76. The highest BCUT2D eigenvalue weighted by Crippen LogP contribution is 2.22. The molecule has 1 saturated carbocycles. The van der Waals surface area contributed by atoms with Crippen LogP contribution in [0.2, 0.25) is 0 Å². The predicted molar refractivity (Wildman–Crippen MR) is 67.9 cm³/mol. The van der Waals surface area contributed by atoms with E-state index in [-0.39, 0.29) is 5.56 Å². The molecular formula is C12H20N4O. The lowest BCUT2D eigenvalue weighted by Gasteiger charge is -2.26. The van der Waals surface area contributed by atoms with Crippen molar-refractivity contribution in [2.75, 3.05) is 11.9 Å². The third-order valence-corrected chi connectivity index (χ3v) is 3.47. The van der Waals surface area contributed by atoms with E-state index in [1.165, 1.54) is 4.57 Å². The fourth-order valence-electron chi connectivity index (χ4n) is 2.25. The van der Waals surface area contributed by atoms with Gasteiger partial charge in [-0.3, -0.25) is 4.79 Å². The van der Waals surface area contributed by atoms with Gasteiger partial charge in [0, 0.05) is 32.0 Å². The van der Waals surface area contributed by atoms with E-state index >= 15 is 0 Å². The summed E-state index contributed by atoms with van der Waals surface area (Å²) in [6.45, 7) is 0.818. The van der Waals surface area contributed by atoms with Crippen molar-refractivity contribution in [2.45, 2.75) is 31.7 Å². The molecule has 2 rings (SSSR count). The molecule has 94 valence electrons. The Morgan fingerprint density at radius 2 is 2.18 bits per heavy atom. The summed E-state index contributed by atoms with van der Waals surface area (Å²) in [5.41, 5.74) is 5.79. The summed E-state index contributed by atoms with van der Waals surface area (Å²) in [6, 6.07) is 0.369. The predicted octanol–water partition coefficient (Wildman–Crippen LogP) is 0.710. The minimum atomic E-state index is -0.0694. The number of rotatable bonds is 3. The molecule has 17 heavy (non-hydrogen) atoms. The zero-order chi connectivity index (χ0) is 12.3. The maximum Gasteiger partial charge on any atom is 0.293 e. The van der Waals surface area contributed by atoms with E-state index in [2.05, 4.69) is 10.3 Å². The van der Waals surface area contributed by atoms with Gasteiger partial charge < -0.3 is 15.6 Å². The topological polar surface area (TPSA) is 72.9 Å². The van der Waals surface area contributed by atoms with Gasteiger partial charge in [0.05, 0.1) is 0 Å². The van der Waals surface area contributed by atoms with Gasteiger partial charge in [0.1, 0.15) is 0 Å². The summed E-state index contributed by atoms with van der Waals surface area (Å²) in [5, 5.41) is 3.15. The van der Waals surface area contributed by atoms with Crippen molar-refractivity contribution in [3.05, 3.63) is 22.7 Å². The number of aromatic nitrogens is 2. The molecule has 5 heteroatoms. The Kier molecular flexibility index (Phi) is 3.78. The fourth-order valence-corrected chi connectivity index (χ4v) is 2.25. The molecular weight excluding hydrogens is 216 g/mol. The van der Waals surface area contributed by atoms with E-state index in [0.717, 1.165) is 32.2 Å². The highest BCUT2D eigenvalue weighted by atomic mass is 16.1. The quantitative estimate of drug-likeness (QED) is 0.810. The van der Waals surface area contributed by atoms with Gasteiger partial charge in [-0.2, -0.15) is 0 Å². The number of hydrogen-bond donors (Lipinski definition) is 2. The van der Waals surface area contributed by atoms with Crippen LogP contribution in [-0.4, -0.2) is 22.1 Å². The monoisotopic (exact) mass is 236 g/mol. The van der Waals surface area contributed by atoms with E-state index in [4.69, 9.17) is 5.73 Å². The first-order valence-electron chi connectivity index (χ1n) is 6.18. The van der Waals surface area contributed by atoms with Gasteiger partial charge in [-0.25, -0.2) is 4.98 Å². The van der Waals surface area contributed by atoms with E-state index in [1.807, 2.05) is 0 Å². The molecule has 1 heterocycles. The van der Waals surface area contributed by atoms with Crippen LogP contribution in [0.3, 0.4) is 0 Å². The van der Waals surface area contributed by atoms with Crippen LogP contribution in [0.15, 0.2) is 17.2 Å². The first-order valence-corrected chi connectivity index (χ1v) is 6.18. The Hall–Kier alpha value is -1.36. The highest BCUT2D eigenvalue weighted by Gasteiger charge is 2.18. The third kappa shape index (κ3) is 3.06. The molecule has 0 spiro atoms. The van der Waals surface area contributed by atoms with Gasteiger partial charge in [-0.15, -0.1) is 0 Å². The molecule has 1 aliphatic rings. The van der Waals surface area contributed by atoms with Crippen LogP contribution in [0.5, 0.6) is 0 Å². The van der Waals surface area contributed by atoms with E-state index in [0.29, 0.717) is 17.8 Å². The van der Waals surface area contributed by atoms with Gasteiger partial charge >= 0.3 is 0 Å². The average Bonchev–Trinajstić information content (AvgIpc) is 2.33. The van der Waals surface area contributed by atoms with Crippen molar-refractivity contribution in [3.8, 4) is 0 Å². The summed E-state index contributed by atoms with van der Waals surface area (Å²) in [5.74, 6) is 1.06. The lowest BCUT2D eigenvalue weighted by atomic mass is 9.86. The lowest BCUT2D eigenvalue weighted by Crippen LogP contribution is -2.30. The zero-order valence-corrected chi connectivity index (χ0v) is 10.2. The number of nitrogens with one attached hydrogen (secondary N) is 1. The first-order chi connectivity index (χ1) is 8.16. The van der Waals surface area contributed by atoms with Gasteiger partial charge in [-0.05, 0) is 31.6 Å². The first kappa shape index (κ1) is 12.1. The molecule has 0 unspecified atom stereocenters. The highest BCUT2D eigenvalue weighted by molar-refractivity contribution is 5.30. The Bertz CT molecular complexity index is 421. The zero-order valence-electron chi connectivity index (χ0n) is 10.2. The summed E-state index contributed by atoms with van der Waals surface area (Å²) in [7, 11) is 1.73. The third-order valence-electron chi connectivity index (χ3n) is 3.47. The van der Waals surface area contributed by atoms with Gasteiger partial charge in [0.15, 0.2) is 5.82 Å². The molecule has 1 fully saturated rings. The van der Waals surface area contributed by atoms with E-state index in [9.17, 15) is 4.79 Å². The lowest BCUT2D eigenvalue weighted by molar-refractivity contribution is 0.338. The van der Waals surface area contributed by atoms with Crippen molar-refractivity contribution >= 4 is 5.82 Å². The summed E-state index contributed by atoms with van der Waals surface area (Å²) < 4.78 is 1.53. The molecule has 1 aromatic heterocycles. The molecule has 0 aliphatic heterocycles. The fraction of sp³-hybridized carbons (Fsp3) is 0.667. The van der Waals surface area contributed by atoms with Crippen LogP contribution in [0, 0.1) is 5.92 Å². The standard InChI is InChI=1S/C12H20N4O/c1-16-7-6-14-11(12(16)17)15-8-9-2-4-10(13)5-3-9/h6-7,9-10H,2-5,8,13H2,1H3,(H,14,15). The molecule has 0 aromatic carbocycles. The van der Waals surface area contributed by atoms with Crippen LogP contribution in [0.25, 0.3) is 0 Å². The maximum atomic E-state index is 11.7. The van der Waals surface area contributed by atoms with Crippen molar-refractivity contribution < 1.29 is 0 Å². The Balaban J connectivity index is 1.90. The molecule has 0 atom stereocenters. The van der Waals surface area contributed by atoms with Crippen LogP contribution in [-0.2, 0) is 7.05 Å². The minimum absolute atomic E-state index is 0.0694. The van der Waals surface area contributed by atoms with Crippen LogP contribution in [0.1, 0.15) is 25.7 Å². The SMILES string of the molecule is Cn1ccnc(NCC2CCC(N)CC2)c1=O. The summed E-state index contributed by atoms with van der Waals surface area (Å²) in [4.78, 5) is 15.8. The normalized spacial score (nSPS) is 24.6. The van der Waals surface area contributed by atoms with Crippen molar-refractivity contribution in [1.29, 1.82) is 0 Å².